The maximum Gasteiger partial charge on any atom is 0.416 e. The number of fused-ring (bicyclic) bond motifs is 1. The molecule has 4 aromatic rings. The van der Waals surface area contributed by atoms with Crippen molar-refractivity contribution in [2.75, 3.05) is 14.2 Å². The summed E-state index contributed by atoms with van der Waals surface area (Å²) in [4.78, 5) is 17.8. The number of hydrogen-bond donors (Lipinski definition) is 0. The highest BCUT2D eigenvalue weighted by atomic mass is 19.4. The van der Waals surface area contributed by atoms with Crippen molar-refractivity contribution < 1.29 is 41.5 Å². The molecule has 3 aromatic carbocycles. The number of carbonyl (C=O) groups excluding carboxylic acids is 1. The van der Waals surface area contributed by atoms with Crippen LogP contribution < -0.4 is 4.74 Å². The molecule has 1 aromatic heterocycles. The highest BCUT2D eigenvalue weighted by molar-refractivity contribution is 6.16. The first-order valence-electron chi connectivity index (χ1n) is 12.0. The number of methoxy groups -OCH3 is 2. The average Bonchev–Trinajstić information content (AvgIpc) is 3.38. The fourth-order valence-corrected chi connectivity index (χ4v) is 3.83. The lowest BCUT2D eigenvalue weighted by atomic mass is 10.0. The quantitative estimate of drug-likeness (QED) is 0.0724. The lowest BCUT2D eigenvalue weighted by molar-refractivity contribution is -0.137. The van der Waals surface area contributed by atoms with Crippen molar-refractivity contribution in [2.45, 2.75) is 26.3 Å². The third kappa shape index (κ3) is 6.60. The Bertz CT molecular complexity index is 1540. The Morgan fingerprint density at radius 2 is 1.77 bits per heavy atom. The molecule has 0 radical (unpaired) electrons. The highest BCUT2D eigenvalue weighted by Crippen LogP contribution is 2.30. The van der Waals surface area contributed by atoms with Crippen LogP contribution in [0.1, 0.15) is 34.9 Å². The van der Waals surface area contributed by atoms with Gasteiger partial charge in [-0.25, -0.2) is 4.79 Å². The molecule has 0 aliphatic rings. The number of rotatable bonds is 10. The number of carbonyl (C=O) groups is 1. The number of oxime groups is 1. The lowest BCUT2D eigenvalue weighted by Gasteiger charge is -2.11. The van der Waals surface area contributed by atoms with Gasteiger partial charge in [-0.1, -0.05) is 46.7 Å². The molecule has 1 heterocycles. The van der Waals surface area contributed by atoms with Gasteiger partial charge >= 0.3 is 12.1 Å². The summed E-state index contributed by atoms with van der Waals surface area (Å²) in [6.45, 7) is 1.85. The first kappa shape index (κ1) is 28.2. The number of benzene rings is 3. The fourth-order valence-electron chi connectivity index (χ4n) is 3.83. The molecule has 40 heavy (non-hydrogen) atoms. The van der Waals surface area contributed by atoms with Crippen LogP contribution in [0.25, 0.3) is 16.5 Å². The standard InChI is InChI=1S/C29H25F3N2O6/c1-18(33-39-16-20-6-4-5-7-23(20)25(17-36-2)28(35)37-3)27-24-13-12-22(14-26(24)40-34-27)38-15-19-8-10-21(11-9-19)29(30,31)32/h4-14,17H,15-16H2,1-3H3/b25-17+,33-18-. The second kappa shape index (κ2) is 12.4. The molecule has 8 nitrogen and oxygen atoms in total. The summed E-state index contributed by atoms with van der Waals surface area (Å²) in [7, 11) is 2.72. The van der Waals surface area contributed by atoms with Gasteiger partial charge in [0.2, 0.25) is 0 Å². The molecule has 0 saturated heterocycles. The third-order valence-electron chi connectivity index (χ3n) is 5.84. The summed E-state index contributed by atoms with van der Waals surface area (Å²) in [5, 5.41) is 8.91. The highest BCUT2D eigenvalue weighted by Gasteiger charge is 2.30. The topological polar surface area (TPSA) is 92.4 Å². The number of hydrogen-bond acceptors (Lipinski definition) is 8. The van der Waals surface area contributed by atoms with Gasteiger partial charge in [0.05, 0.1) is 31.4 Å². The summed E-state index contributed by atoms with van der Waals surface area (Å²) in [6.07, 6.45) is -3.08. The van der Waals surface area contributed by atoms with Gasteiger partial charge in [0.1, 0.15) is 35.9 Å². The summed E-state index contributed by atoms with van der Waals surface area (Å²) in [6, 6.07) is 17.0. The zero-order valence-corrected chi connectivity index (χ0v) is 21.8. The van der Waals surface area contributed by atoms with E-state index >= 15 is 0 Å². The molecule has 0 bridgehead atoms. The number of halogens is 3. The van der Waals surface area contributed by atoms with Gasteiger partial charge in [0, 0.05) is 11.6 Å². The number of alkyl halides is 3. The molecule has 11 heteroatoms. The van der Waals surface area contributed by atoms with E-state index in [2.05, 4.69) is 10.3 Å². The fraction of sp³-hybridized carbons (Fsp3) is 0.207. The van der Waals surface area contributed by atoms with E-state index in [0.29, 0.717) is 44.8 Å². The van der Waals surface area contributed by atoms with E-state index in [9.17, 15) is 18.0 Å². The van der Waals surface area contributed by atoms with Crippen molar-refractivity contribution in [1.82, 2.24) is 5.16 Å². The Balaban J connectivity index is 1.43. The predicted octanol–water partition coefficient (Wildman–Crippen LogP) is 6.53. The van der Waals surface area contributed by atoms with Crippen LogP contribution in [-0.2, 0) is 38.5 Å². The molecule has 0 unspecified atom stereocenters. The third-order valence-corrected chi connectivity index (χ3v) is 5.84. The first-order chi connectivity index (χ1) is 19.2. The summed E-state index contributed by atoms with van der Waals surface area (Å²) >= 11 is 0. The number of ether oxygens (including phenoxy) is 3. The number of nitrogens with zero attached hydrogens (tertiary/aromatic N) is 2. The Kier molecular flexibility index (Phi) is 8.73. The van der Waals surface area contributed by atoms with Gasteiger partial charge in [-0.15, -0.1) is 0 Å². The monoisotopic (exact) mass is 554 g/mol. The van der Waals surface area contributed by atoms with Crippen LogP contribution in [0.5, 0.6) is 5.75 Å². The van der Waals surface area contributed by atoms with Crippen LogP contribution in [0.15, 0.2) is 82.7 Å². The minimum atomic E-state index is -4.39. The molecular formula is C29H25F3N2O6. The molecule has 0 N–H and O–H groups in total. The molecular weight excluding hydrogens is 529 g/mol. The number of esters is 1. The first-order valence-corrected chi connectivity index (χ1v) is 12.0. The van der Waals surface area contributed by atoms with Gasteiger partial charge < -0.3 is 23.6 Å². The molecule has 0 aliphatic heterocycles. The van der Waals surface area contributed by atoms with E-state index in [0.717, 1.165) is 12.1 Å². The molecule has 4 rings (SSSR count). The van der Waals surface area contributed by atoms with Crippen LogP contribution in [0.2, 0.25) is 0 Å². The molecule has 0 saturated carbocycles. The van der Waals surface area contributed by atoms with Crippen LogP contribution in [-0.4, -0.2) is 31.1 Å². The van der Waals surface area contributed by atoms with Gasteiger partial charge in [-0.05, 0) is 42.3 Å². The SMILES string of the molecule is CO/C=C(/C(=O)OC)c1ccccc1CO/N=C(/C)c1noc2cc(OCc3ccc(C(F)(F)F)cc3)ccc12. The summed E-state index contributed by atoms with van der Waals surface area (Å²) in [5.41, 5.74) is 2.74. The largest absolute Gasteiger partial charge is 0.503 e. The van der Waals surface area contributed by atoms with Crippen LogP contribution in [0.3, 0.4) is 0 Å². The minimum Gasteiger partial charge on any atom is -0.503 e. The van der Waals surface area contributed by atoms with Crippen molar-refractivity contribution in [2.24, 2.45) is 5.16 Å². The zero-order chi connectivity index (χ0) is 28.7. The molecule has 0 aliphatic carbocycles. The van der Waals surface area contributed by atoms with Crippen LogP contribution >= 0.6 is 0 Å². The molecule has 0 fully saturated rings. The summed E-state index contributed by atoms with van der Waals surface area (Å²) in [5.74, 6) is -0.0890. The molecule has 0 spiro atoms. The van der Waals surface area contributed by atoms with E-state index in [4.69, 9.17) is 23.6 Å². The normalized spacial score (nSPS) is 12.3. The van der Waals surface area contributed by atoms with Gasteiger partial charge in [-0.2, -0.15) is 13.2 Å². The van der Waals surface area contributed by atoms with Crippen LogP contribution in [0.4, 0.5) is 13.2 Å². The Morgan fingerprint density at radius 1 is 1.02 bits per heavy atom. The summed E-state index contributed by atoms with van der Waals surface area (Å²) < 4.78 is 59.3. The Hall–Kier alpha value is -4.80. The van der Waals surface area contributed by atoms with Crippen molar-refractivity contribution in [3.05, 3.63) is 101 Å². The second-order valence-electron chi connectivity index (χ2n) is 8.54. The maximum atomic E-state index is 12.7. The van der Waals surface area contributed by atoms with E-state index in [1.807, 2.05) is 6.07 Å². The van der Waals surface area contributed by atoms with Crippen molar-refractivity contribution in [3.63, 3.8) is 0 Å². The van der Waals surface area contributed by atoms with Gasteiger partial charge in [0.25, 0.3) is 0 Å². The smallest absolute Gasteiger partial charge is 0.416 e. The molecule has 0 amide bonds. The predicted molar refractivity (Wildman–Crippen MR) is 140 cm³/mol. The van der Waals surface area contributed by atoms with E-state index in [-0.39, 0.29) is 18.8 Å². The minimum absolute atomic E-state index is 0.0588. The molecule has 0 atom stereocenters. The maximum absolute atomic E-state index is 12.7. The zero-order valence-electron chi connectivity index (χ0n) is 21.8. The van der Waals surface area contributed by atoms with Gasteiger partial charge in [-0.3, -0.25) is 0 Å². The van der Waals surface area contributed by atoms with Gasteiger partial charge in [0.15, 0.2) is 5.58 Å². The second-order valence-corrected chi connectivity index (χ2v) is 8.54. The van der Waals surface area contributed by atoms with Crippen LogP contribution in [0, 0.1) is 0 Å². The lowest BCUT2D eigenvalue weighted by Crippen LogP contribution is -2.07. The Morgan fingerprint density at radius 3 is 2.48 bits per heavy atom. The number of aromatic nitrogens is 1. The van der Waals surface area contributed by atoms with E-state index in [1.54, 1.807) is 43.3 Å². The van der Waals surface area contributed by atoms with Crippen molar-refractivity contribution in [3.8, 4) is 5.75 Å². The van der Waals surface area contributed by atoms with Crippen molar-refractivity contribution >= 4 is 28.2 Å². The van der Waals surface area contributed by atoms with E-state index < -0.39 is 17.7 Å². The average molecular weight is 555 g/mol. The Labute approximate surface area is 227 Å². The van der Waals surface area contributed by atoms with E-state index in [1.165, 1.54) is 32.6 Å². The van der Waals surface area contributed by atoms with Crippen molar-refractivity contribution in [1.29, 1.82) is 0 Å². The molecule has 208 valence electrons.